The standard InChI is InChI=1S/C15H15FN6O3S2/c1-10-18-19-20-22(10)13-8-11(5-6-12(13)16)17-14(23)9-21(2)27(24,25)15-4-3-7-26-15/h3-8H,9H2,1-2H3,(H,17,23). The molecule has 0 aliphatic carbocycles. The van der Waals surface area contributed by atoms with Crippen LogP contribution in [0.2, 0.25) is 0 Å². The zero-order chi connectivity index (χ0) is 19.6. The van der Waals surface area contributed by atoms with Gasteiger partial charge in [0.05, 0.1) is 6.54 Å². The molecule has 3 rings (SSSR count). The Morgan fingerprint density at radius 3 is 2.78 bits per heavy atom. The summed E-state index contributed by atoms with van der Waals surface area (Å²) >= 11 is 1.07. The van der Waals surface area contributed by atoms with E-state index in [4.69, 9.17) is 0 Å². The van der Waals surface area contributed by atoms with Crippen LogP contribution < -0.4 is 5.32 Å². The minimum absolute atomic E-state index is 0.0647. The van der Waals surface area contributed by atoms with Gasteiger partial charge in [-0.25, -0.2) is 12.8 Å². The average Bonchev–Trinajstić information content (AvgIpc) is 3.28. The molecule has 0 atom stereocenters. The van der Waals surface area contributed by atoms with Crippen molar-refractivity contribution in [1.29, 1.82) is 0 Å². The largest absolute Gasteiger partial charge is 0.325 e. The monoisotopic (exact) mass is 410 g/mol. The number of hydrogen-bond acceptors (Lipinski definition) is 7. The number of rotatable bonds is 6. The number of nitrogens with one attached hydrogen (secondary N) is 1. The molecule has 2 aromatic heterocycles. The van der Waals surface area contributed by atoms with Gasteiger partial charge < -0.3 is 5.32 Å². The van der Waals surface area contributed by atoms with Crippen molar-refractivity contribution < 1.29 is 17.6 Å². The molecule has 0 spiro atoms. The molecule has 1 N–H and O–H groups in total. The number of carbonyl (C=O) groups is 1. The number of likely N-dealkylation sites (N-methyl/N-ethyl adjacent to an activating group) is 1. The smallest absolute Gasteiger partial charge is 0.252 e. The van der Waals surface area contributed by atoms with Crippen LogP contribution in [0, 0.1) is 12.7 Å². The van der Waals surface area contributed by atoms with Crippen LogP contribution in [-0.4, -0.2) is 52.4 Å². The fourth-order valence-electron chi connectivity index (χ4n) is 2.26. The molecular formula is C15H15FN6O3S2. The highest BCUT2D eigenvalue weighted by atomic mass is 32.2. The van der Waals surface area contributed by atoms with Crippen LogP contribution in [0.5, 0.6) is 0 Å². The van der Waals surface area contributed by atoms with Gasteiger partial charge in [0.15, 0.2) is 5.82 Å². The number of aromatic nitrogens is 4. The summed E-state index contributed by atoms with van der Waals surface area (Å²) in [4.78, 5) is 12.2. The molecule has 0 saturated carbocycles. The van der Waals surface area contributed by atoms with Crippen LogP contribution in [-0.2, 0) is 14.8 Å². The molecule has 9 nitrogen and oxygen atoms in total. The second-order valence-electron chi connectivity index (χ2n) is 5.55. The van der Waals surface area contributed by atoms with Gasteiger partial charge in [0, 0.05) is 12.7 Å². The van der Waals surface area contributed by atoms with E-state index in [0.29, 0.717) is 5.82 Å². The Hall–Kier alpha value is -2.70. The number of sulfonamides is 1. The number of tetrazole rings is 1. The number of nitrogens with zero attached hydrogens (tertiary/aromatic N) is 5. The number of anilines is 1. The predicted octanol–water partition coefficient (Wildman–Crippen LogP) is 1.43. The zero-order valence-corrected chi connectivity index (χ0v) is 16.0. The van der Waals surface area contributed by atoms with Crippen LogP contribution in [0.15, 0.2) is 39.9 Å². The van der Waals surface area contributed by atoms with Crippen LogP contribution in [0.25, 0.3) is 5.69 Å². The van der Waals surface area contributed by atoms with E-state index in [9.17, 15) is 17.6 Å². The fraction of sp³-hybridized carbons (Fsp3) is 0.200. The van der Waals surface area contributed by atoms with Gasteiger partial charge in [0.2, 0.25) is 5.91 Å². The van der Waals surface area contributed by atoms with Crippen LogP contribution in [0.4, 0.5) is 10.1 Å². The van der Waals surface area contributed by atoms with Crippen molar-refractivity contribution in [2.45, 2.75) is 11.1 Å². The van der Waals surface area contributed by atoms with Gasteiger partial charge in [0.1, 0.15) is 15.7 Å². The third-order valence-corrected chi connectivity index (χ3v) is 6.79. The summed E-state index contributed by atoms with van der Waals surface area (Å²) in [7, 11) is -2.42. The number of carbonyl (C=O) groups excluding carboxylic acids is 1. The van der Waals surface area contributed by atoms with Crippen molar-refractivity contribution >= 4 is 33.0 Å². The quantitative estimate of drug-likeness (QED) is 0.658. The van der Waals surface area contributed by atoms with Crippen molar-refractivity contribution in [3.63, 3.8) is 0 Å². The first-order chi connectivity index (χ1) is 12.8. The summed E-state index contributed by atoms with van der Waals surface area (Å²) in [5, 5.41) is 15.0. The lowest BCUT2D eigenvalue weighted by Gasteiger charge is -2.16. The first-order valence-electron chi connectivity index (χ1n) is 7.63. The van der Waals surface area contributed by atoms with E-state index < -0.39 is 28.3 Å². The third-order valence-electron chi connectivity index (χ3n) is 3.61. The first kappa shape index (κ1) is 19.1. The molecule has 2 heterocycles. The molecule has 0 aliphatic rings. The van der Waals surface area contributed by atoms with E-state index in [0.717, 1.165) is 21.7 Å². The van der Waals surface area contributed by atoms with E-state index in [1.54, 1.807) is 18.4 Å². The number of amides is 1. The summed E-state index contributed by atoms with van der Waals surface area (Å²) in [6.07, 6.45) is 0. The minimum atomic E-state index is -3.74. The average molecular weight is 410 g/mol. The summed E-state index contributed by atoms with van der Waals surface area (Å²) in [6, 6.07) is 6.98. The van der Waals surface area contributed by atoms with Gasteiger partial charge in [-0.2, -0.15) is 8.99 Å². The highest BCUT2D eigenvalue weighted by molar-refractivity contribution is 7.91. The van der Waals surface area contributed by atoms with Gasteiger partial charge in [-0.05, 0) is 47.0 Å². The molecule has 0 bridgehead atoms. The fourth-order valence-corrected chi connectivity index (χ4v) is 4.59. The van der Waals surface area contributed by atoms with Crippen molar-refractivity contribution in [1.82, 2.24) is 24.5 Å². The molecule has 0 fully saturated rings. The van der Waals surface area contributed by atoms with Gasteiger partial charge >= 0.3 is 0 Å². The highest BCUT2D eigenvalue weighted by Crippen LogP contribution is 2.21. The van der Waals surface area contributed by atoms with Crippen LogP contribution in [0.3, 0.4) is 0 Å². The highest BCUT2D eigenvalue weighted by Gasteiger charge is 2.24. The van der Waals surface area contributed by atoms with Gasteiger partial charge in [-0.1, -0.05) is 6.07 Å². The zero-order valence-electron chi connectivity index (χ0n) is 14.3. The van der Waals surface area contributed by atoms with E-state index in [2.05, 4.69) is 20.8 Å². The molecule has 142 valence electrons. The minimum Gasteiger partial charge on any atom is -0.325 e. The first-order valence-corrected chi connectivity index (χ1v) is 9.95. The van der Waals surface area contributed by atoms with E-state index in [1.165, 1.54) is 29.9 Å². The van der Waals surface area contributed by atoms with E-state index >= 15 is 0 Å². The van der Waals surface area contributed by atoms with Crippen LogP contribution in [0.1, 0.15) is 5.82 Å². The Bertz CT molecular complexity index is 1070. The van der Waals surface area contributed by atoms with Crippen molar-refractivity contribution in [3.05, 3.63) is 47.4 Å². The van der Waals surface area contributed by atoms with Gasteiger partial charge in [-0.3, -0.25) is 4.79 Å². The summed E-state index contributed by atoms with van der Waals surface area (Å²) < 4.78 is 41.1. The lowest BCUT2D eigenvalue weighted by molar-refractivity contribution is -0.116. The number of hydrogen-bond donors (Lipinski definition) is 1. The molecule has 0 saturated heterocycles. The second kappa shape index (κ2) is 7.50. The Kier molecular flexibility index (Phi) is 5.30. The van der Waals surface area contributed by atoms with E-state index in [1.807, 2.05) is 0 Å². The lowest BCUT2D eigenvalue weighted by Crippen LogP contribution is -2.34. The molecule has 0 unspecified atom stereocenters. The summed E-state index contributed by atoms with van der Waals surface area (Å²) in [5.74, 6) is -0.761. The number of thiophene rings is 1. The molecule has 1 amide bonds. The molecule has 3 aromatic rings. The maximum absolute atomic E-state index is 14.1. The third kappa shape index (κ3) is 4.02. The predicted molar refractivity (Wildman–Crippen MR) is 96.6 cm³/mol. The Balaban J connectivity index is 1.74. The number of aryl methyl sites for hydroxylation is 1. The molecule has 1 aromatic carbocycles. The molecular weight excluding hydrogens is 395 g/mol. The van der Waals surface area contributed by atoms with Gasteiger partial charge in [0.25, 0.3) is 10.0 Å². The van der Waals surface area contributed by atoms with Gasteiger partial charge in [-0.15, -0.1) is 16.4 Å². The molecule has 0 radical (unpaired) electrons. The summed E-state index contributed by atoms with van der Waals surface area (Å²) in [5.41, 5.74) is 0.350. The Labute approximate surface area is 158 Å². The normalized spacial score (nSPS) is 11.7. The molecule has 0 aliphatic heterocycles. The second-order valence-corrected chi connectivity index (χ2v) is 8.76. The van der Waals surface area contributed by atoms with Crippen molar-refractivity contribution in [3.8, 4) is 5.69 Å². The van der Waals surface area contributed by atoms with Crippen molar-refractivity contribution in [2.24, 2.45) is 0 Å². The summed E-state index contributed by atoms with van der Waals surface area (Å²) in [6.45, 7) is 1.21. The number of benzene rings is 1. The SMILES string of the molecule is Cc1nnnn1-c1cc(NC(=O)CN(C)S(=O)(=O)c2cccs2)ccc1F. The number of halogens is 1. The van der Waals surface area contributed by atoms with Crippen molar-refractivity contribution in [2.75, 3.05) is 18.9 Å². The van der Waals surface area contributed by atoms with E-state index in [-0.39, 0.29) is 15.6 Å². The topological polar surface area (TPSA) is 110 Å². The lowest BCUT2D eigenvalue weighted by atomic mass is 10.2. The molecule has 27 heavy (non-hydrogen) atoms. The maximum Gasteiger partial charge on any atom is 0.252 e. The van der Waals surface area contributed by atoms with Crippen LogP contribution >= 0.6 is 11.3 Å². The molecule has 12 heteroatoms. The maximum atomic E-state index is 14.1. The Morgan fingerprint density at radius 1 is 1.37 bits per heavy atom. The Morgan fingerprint density at radius 2 is 2.15 bits per heavy atom.